The summed E-state index contributed by atoms with van der Waals surface area (Å²) in [5.41, 5.74) is 18.9. The van der Waals surface area contributed by atoms with Crippen LogP contribution in [-0.4, -0.2) is 15.0 Å². The number of furan rings is 1. The maximum absolute atomic E-state index is 6.64. The fraction of sp³-hybridized carbons (Fsp3) is 0.0862. The number of benzene rings is 7. The summed E-state index contributed by atoms with van der Waals surface area (Å²) in [6.07, 6.45) is 16.2. The Morgan fingerprint density at radius 2 is 1.19 bits per heavy atom. The van der Waals surface area contributed by atoms with Crippen molar-refractivity contribution in [1.82, 2.24) is 15.0 Å². The molecule has 0 saturated carbocycles. The van der Waals surface area contributed by atoms with E-state index in [4.69, 9.17) is 19.4 Å². The molecule has 2 heterocycles. The highest BCUT2D eigenvalue weighted by Gasteiger charge is 2.53. The van der Waals surface area contributed by atoms with Gasteiger partial charge in [-0.05, 0) is 104 Å². The lowest BCUT2D eigenvalue weighted by molar-refractivity contribution is 0.669. The molecule has 292 valence electrons. The molecule has 0 bridgehead atoms. The van der Waals surface area contributed by atoms with Crippen LogP contribution in [0.25, 0.3) is 83.7 Å². The predicted molar refractivity (Wildman–Crippen MR) is 252 cm³/mol. The first-order chi connectivity index (χ1) is 30.7. The van der Waals surface area contributed by atoms with Gasteiger partial charge in [0.15, 0.2) is 11.6 Å². The molecule has 1 unspecified atom stereocenters. The second-order valence-electron chi connectivity index (χ2n) is 16.8. The number of hydrogen-bond donors (Lipinski definition) is 0. The average Bonchev–Trinajstić information content (AvgIpc) is 3.98. The van der Waals surface area contributed by atoms with Crippen LogP contribution in [-0.2, 0) is 5.41 Å². The van der Waals surface area contributed by atoms with E-state index < -0.39 is 0 Å². The normalized spacial score (nSPS) is 16.5. The van der Waals surface area contributed by atoms with Crippen molar-refractivity contribution in [3.8, 4) is 56.2 Å². The van der Waals surface area contributed by atoms with Gasteiger partial charge in [0.2, 0.25) is 0 Å². The summed E-state index contributed by atoms with van der Waals surface area (Å²) < 4.78 is 6.64. The van der Waals surface area contributed by atoms with Crippen LogP contribution in [0.3, 0.4) is 0 Å². The molecule has 62 heavy (non-hydrogen) atoms. The molecule has 2 aromatic heterocycles. The van der Waals surface area contributed by atoms with Crippen LogP contribution in [0, 0.1) is 0 Å². The Kier molecular flexibility index (Phi) is 7.74. The van der Waals surface area contributed by atoms with Crippen LogP contribution in [0.4, 0.5) is 0 Å². The van der Waals surface area contributed by atoms with Crippen molar-refractivity contribution >= 4 is 27.5 Å². The lowest BCUT2D eigenvalue weighted by atomic mass is 9.68. The lowest BCUT2D eigenvalue weighted by Crippen LogP contribution is -2.27. The second kappa shape index (κ2) is 13.7. The van der Waals surface area contributed by atoms with E-state index in [-0.39, 0.29) is 11.3 Å². The third-order valence-electron chi connectivity index (χ3n) is 13.6. The van der Waals surface area contributed by atoms with Crippen molar-refractivity contribution in [3.63, 3.8) is 0 Å². The molecule has 13 rings (SSSR count). The first-order valence-electron chi connectivity index (χ1n) is 21.7. The summed E-state index contributed by atoms with van der Waals surface area (Å²) in [4.78, 5) is 15.6. The van der Waals surface area contributed by atoms with Gasteiger partial charge in [0.05, 0.1) is 5.41 Å². The van der Waals surface area contributed by atoms with E-state index in [0.717, 1.165) is 69.3 Å². The van der Waals surface area contributed by atoms with Gasteiger partial charge < -0.3 is 4.42 Å². The van der Waals surface area contributed by atoms with E-state index in [9.17, 15) is 0 Å². The maximum atomic E-state index is 6.64. The van der Waals surface area contributed by atoms with Crippen LogP contribution in [0.2, 0.25) is 0 Å². The van der Waals surface area contributed by atoms with Gasteiger partial charge in [-0.15, -0.1) is 0 Å². The largest absolute Gasteiger partial charge is 0.456 e. The number of rotatable bonds is 5. The molecule has 0 radical (unpaired) electrons. The monoisotopic (exact) mass is 793 g/mol. The minimum atomic E-state index is -0.322. The Balaban J connectivity index is 0.989. The first-order valence-corrected chi connectivity index (χ1v) is 21.7. The third kappa shape index (κ3) is 5.10. The standard InChI is InChI=1S/C58H39N3O/c1-3-15-36(16-4-1)37-29-31-39(32-30-37)56-59-55(38-17-5-2-6-18-38)60-57(61-56)45-23-14-28-52-54(45)46-35-40(33-34-51(46)62-52)41-22-13-27-50-53(41)44-21-9-12-26-49(44)58(50)47-24-10-7-19-42(47)43-20-8-11-25-48(43)58/h1-11,13-17,19-25,27-35,38H,12,18,26H2. The maximum Gasteiger partial charge on any atom is 0.164 e. The molecule has 7 aromatic carbocycles. The molecule has 0 N–H and O–H groups in total. The zero-order chi connectivity index (χ0) is 40.8. The summed E-state index contributed by atoms with van der Waals surface area (Å²) in [6.45, 7) is 0. The summed E-state index contributed by atoms with van der Waals surface area (Å²) >= 11 is 0. The SMILES string of the molecule is C1=CCC(c2nc(-c3ccc(-c4ccccc4)cc3)nc(-c3cccc4oc5ccc(-c6cccc7c6C6=C(CCC=C6)C76c7ccccc7-c7ccccc76)cc5c34)n2)C=C1. The summed E-state index contributed by atoms with van der Waals surface area (Å²) in [5.74, 6) is 2.11. The van der Waals surface area contributed by atoms with Crippen LogP contribution >= 0.6 is 0 Å². The van der Waals surface area contributed by atoms with Gasteiger partial charge in [0, 0.05) is 27.8 Å². The number of allylic oxidation sites excluding steroid dienone is 8. The first kappa shape index (κ1) is 35.1. The van der Waals surface area contributed by atoms with Gasteiger partial charge in [-0.1, -0.05) is 176 Å². The van der Waals surface area contributed by atoms with E-state index in [1.807, 2.05) is 12.1 Å². The molecule has 1 spiro atoms. The minimum absolute atomic E-state index is 0.0475. The van der Waals surface area contributed by atoms with E-state index in [1.165, 1.54) is 55.7 Å². The molecule has 9 aromatic rings. The number of hydrogen-bond acceptors (Lipinski definition) is 4. The lowest BCUT2D eigenvalue weighted by Gasteiger charge is -2.33. The topological polar surface area (TPSA) is 51.8 Å². The molecule has 0 aliphatic heterocycles. The second-order valence-corrected chi connectivity index (χ2v) is 16.8. The average molecular weight is 794 g/mol. The molecule has 0 saturated heterocycles. The fourth-order valence-electron chi connectivity index (χ4n) is 10.9. The zero-order valence-electron chi connectivity index (χ0n) is 33.9. The highest BCUT2D eigenvalue weighted by Crippen LogP contribution is 2.64. The van der Waals surface area contributed by atoms with Gasteiger partial charge >= 0.3 is 0 Å². The Hall–Kier alpha value is -7.69. The molecule has 4 nitrogen and oxygen atoms in total. The Morgan fingerprint density at radius 1 is 0.516 bits per heavy atom. The van der Waals surface area contributed by atoms with Crippen LogP contribution in [0.5, 0.6) is 0 Å². The highest BCUT2D eigenvalue weighted by atomic mass is 16.3. The highest BCUT2D eigenvalue weighted by molar-refractivity contribution is 6.13. The zero-order valence-corrected chi connectivity index (χ0v) is 33.9. The molecule has 4 aliphatic carbocycles. The smallest absolute Gasteiger partial charge is 0.164 e. The molecule has 0 fully saturated rings. The predicted octanol–water partition coefficient (Wildman–Crippen LogP) is 14.5. The van der Waals surface area contributed by atoms with Gasteiger partial charge in [-0.3, -0.25) is 0 Å². The van der Waals surface area contributed by atoms with Gasteiger partial charge in [0.25, 0.3) is 0 Å². The van der Waals surface area contributed by atoms with Crippen LogP contribution in [0.1, 0.15) is 53.3 Å². The summed E-state index contributed by atoms with van der Waals surface area (Å²) in [5, 5.41) is 2.05. The van der Waals surface area contributed by atoms with Crippen molar-refractivity contribution in [1.29, 1.82) is 0 Å². The van der Waals surface area contributed by atoms with Gasteiger partial charge in [-0.25, -0.2) is 15.0 Å². The quantitative estimate of drug-likeness (QED) is 0.174. The Morgan fingerprint density at radius 3 is 2.00 bits per heavy atom. The molecular formula is C58H39N3O. The van der Waals surface area contributed by atoms with E-state index in [1.54, 1.807) is 0 Å². The number of fused-ring (bicyclic) bond motifs is 12. The van der Waals surface area contributed by atoms with Gasteiger partial charge in [0.1, 0.15) is 17.0 Å². The van der Waals surface area contributed by atoms with Crippen molar-refractivity contribution in [2.45, 2.75) is 30.6 Å². The van der Waals surface area contributed by atoms with E-state index in [0.29, 0.717) is 11.6 Å². The molecule has 4 aliphatic rings. The Labute approximate surface area is 360 Å². The Bertz CT molecular complexity index is 3390. The number of nitrogens with zero attached hydrogens (tertiary/aromatic N) is 3. The van der Waals surface area contributed by atoms with Crippen molar-refractivity contribution in [2.24, 2.45) is 0 Å². The molecular weight excluding hydrogens is 755 g/mol. The van der Waals surface area contributed by atoms with Crippen molar-refractivity contribution < 1.29 is 4.42 Å². The van der Waals surface area contributed by atoms with Crippen molar-refractivity contribution in [3.05, 3.63) is 228 Å². The fourth-order valence-corrected chi connectivity index (χ4v) is 10.9. The molecule has 4 heteroatoms. The third-order valence-corrected chi connectivity index (χ3v) is 13.6. The summed E-state index contributed by atoms with van der Waals surface area (Å²) in [6, 6.07) is 57.0. The molecule has 1 atom stereocenters. The van der Waals surface area contributed by atoms with Crippen molar-refractivity contribution in [2.75, 3.05) is 0 Å². The van der Waals surface area contributed by atoms with Crippen LogP contribution < -0.4 is 0 Å². The van der Waals surface area contributed by atoms with Gasteiger partial charge in [-0.2, -0.15) is 0 Å². The minimum Gasteiger partial charge on any atom is -0.456 e. The van der Waals surface area contributed by atoms with E-state index >= 15 is 0 Å². The summed E-state index contributed by atoms with van der Waals surface area (Å²) in [7, 11) is 0. The van der Waals surface area contributed by atoms with Crippen LogP contribution in [0.15, 0.2) is 204 Å². The molecule has 0 amide bonds. The van der Waals surface area contributed by atoms with E-state index in [2.05, 4.69) is 182 Å². The number of aromatic nitrogens is 3.